The van der Waals surface area contributed by atoms with Crippen LogP contribution < -0.4 is 5.32 Å². The number of amides is 1. The highest BCUT2D eigenvalue weighted by Crippen LogP contribution is 2.22. The minimum Gasteiger partial charge on any atom is -0.306 e. The Labute approximate surface area is 129 Å². The Morgan fingerprint density at radius 1 is 1.11 bits per heavy atom. The second-order valence-electron chi connectivity index (χ2n) is 3.45. The number of hydrogen-bond donors (Lipinski definition) is 1. The second kappa shape index (κ2) is 5.95. The Morgan fingerprint density at radius 2 is 1.78 bits per heavy atom. The monoisotopic (exact) mass is 432 g/mol. The van der Waals surface area contributed by atoms with Crippen LogP contribution in [0.5, 0.6) is 0 Å². The number of pyridine rings is 1. The van der Waals surface area contributed by atoms with E-state index in [0.29, 0.717) is 11.4 Å². The van der Waals surface area contributed by atoms with Gasteiger partial charge in [-0.15, -0.1) is 0 Å². The van der Waals surface area contributed by atoms with Crippen LogP contribution in [0.3, 0.4) is 0 Å². The summed E-state index contributed by atoms with van der Waals surface area (Å²) in [5.74, 6) is 0.287. The highest BCUT2D eigenvalue weighted by atomic mass is 79.9. The van der Waals surface area contributed by atoms with Crippen molar-refractivity contribution in [3.63, 3.8) is 0 Å². The molecule has 0 aliphatic carbocycles. The third-order valence-corrected chi connectivity index (χ3v) is 3.67. The normalized spacial score (nSPS) is 10.2. The molecule has 1 aromatic carbocycles. The van der Waals surface area contributed by atoms with Crippen molar-refractivity contribution < 1.29 is 4.79 Å². The number of carbonyl (C=O) groups is 1. The van der Waals surface area contributed by atoms with Crippen LogP contribution in [-0.4, -0.2) is 10.9 Å². The zero-order valence-electron chi connectivity index (χ0n) is 8.95. The van der Waals surface area contributed by atoms with Gasteiger partial charge in [-0.05, 0) is 46.3 Å². The van der Waals surface area contributed by atoms with Crippen molar-refractivity contribution in [3.8, 4) is 0 Å². The molecule has 2 aromatic rings. The van der Waals surface area contributed by atoms with E-state index in [4.69, 9.17) is 0 Å². The number of nitrogens with zero attached hydrogens (tertiary/aromatic N) is 1. The fourth-order valence-corrected chi connectivity index (χ4v) is 2.99. The number of carbonyl (C=O) groups excluding carboxylic acids is 1. The number of hydrogen-bond acceptors (Lipinski definition) is 2. The first-order valence-corrected chi connectivity index (χ1v) is 7.32. The van der Waals surface area contributed by atoms with E-state index < -0.39 is 0 Å². The molecule has 0 unspecified atom stereocenters. The lowest BCUT2D eigenvalue weighted by atomic mass is 10.2. The van der Waals surface area contributed by atoms with Gasteiger partial charge < -0.3 is 5.32 Å². The Kier molecular flexibility index (Phi) is 4.53. The van der Waals surface area contributed by atoms with Gasteiger partial charge in [0.1, 0.15) is 5.82 Å². The van der Waals surface area contributed by atoms with Crippen molar-refractivity contribution in [2.45, 2.75) is 0 Å². The summed E-state index contributed by atoms with van der Waals surface area (Å²) in [5.41, 5.74) is 0.550. The predicted octanol–water partition coefficient (Wildman–Crippen LogP) is 4.62. The molecule has 0 spiro atoms. The lowest BCUT2D eigenvalue weighted by molar-refractivity contribution is 0.102. The number of benzene rings is 1. The maximum atomic E-state index is 12.1. The minimum absolute atomic E-state index is 0.212. The molecule has 0 atom stereocenters. The van der Waals surface area contributed by atoms with E-state index in [1.54, 1.807) is 24.4 Å². The topological polar surface area (TPSA) is 42.0 Å². The number of nitrogens with one attached hydrogen (secondary N) is 1. The number of rotatable bonds is 2. The first-order chi connectivity index (χ1) is 8.56. The Bertz CT molecular complexity index is 581. The molecule has 0 aliphatic rings. The van der Waals surface area contributed by atoms with Crippen molar-refractivity contribution in [2.24, 2.45) is 0 Å². The Balaban J connectivity index is 2.25. The van der Waals surface area contributed by atoms with E-state index in [-0.39, 0.29) is 5.91 Å². The van der Waals surface area contributed by atoms with Crippen molar-refractivity contribution >= 4 is 59.5 Å². The van der Waals surface area contributed by atoms with Crippen molar-refractivity contribution in [2.75, 3.05) is 5.32 Å². The Morgan fingerprint density at radius 3 is 2.39 bits per heavy atom. The lowest BCUT2D eigenvalue weighted by Crippen LogP contribution is -2.13. The molecule has 18 heavy (non-hydrogen) atoms. The number of aromatic nitrogens is 1. The zero-order chi connectivity index (χ0) is 13.1. The van der Waals surface area contributed by atoms with Crippen LogP contribution in [0.4, 0.5) is 5.82 Å². The summed E-state index contributed by atoms with van der Waals surface area (Å²) in [6, 6.07) is 8.97. The molecule has 6 heteroatoms. The molecule has 1 heterocycles. The van der Waals surface area contributed by atoms with Crippen LogP contribution in [0.25, 0.3) is 0 Å². The van der Waals surface area contributed by atoms with Crippen LogP contribution in [0.1, 0.15) is 10.4 Å². The zero-order valence-corrected chi connectivity index (χ0v) is 13.7. The van der Waals surface area contributed by atoms with Gasteiger partial charge in [0.15, 0.2) is 0 Å². The standard InChI is InChI=1S/C12H7Br3N2O/c13-8-4-7(5-9(14)6-8)12(18)17-11-10(15)2-1-3-16-11/h1-6H,(H,16,17,18). The van der Waals surface area contributed by atoms with Crippen molar-refractivity contribution in [1.29, 1.82) is 0 Å². The molecule has 92 valence electrons. The summed E-state index contributed by atoms with van der Waals surface area (Å²) in [6.07, 6.45) is 1.62. The smallest absolute Gasteiger partial charge is 0.256 e. The van der Waals surface area contributed by atoms with Gasteiger partial charge in [-0.3, -0.25) is 4.79 Å². The van der Waals surface area contributed by atoms with Gasteiger partial charge in [0.05, 0.1) is 4.47 Å². The molecule has 1 aromatic heterocycles. The van der Waals surface area contributed by atoms with Crippen LogP contribution in [0.15, 0.2) is 49.9 Å². The molecule has 1 amide bonds. The molecule has 1 N–H and O–H groups in total. The average molecular weight is 435 g/mol. The van der Waals surface area contributed by atoms with Gasteiger partial charge in [-0.2, -0.15) is 0 Å². The quantitative estimate of drug-likeness (QED) is 0.749. The number of halogens is 3. The molecule has 0 aliphatic heterocycles. The molecule has 0 fully saturated rings. The highest BCUT2D eigenvalue weighted by molar-refractivity contribution is 9.11. The molecule has 0 radical (unpaired) electrons. The maximum absolute atomic E-state index is 12.1. The third kappa shape index (κ3) is 3.40. The van der Waals surface area contributed by atoms with Gasteiger partial charge in [0.25, 0.3) is 5.91 Å². The molecular weight excluding hydrogens is 428 g/mol. The minimum atomic E-state index is -0.212. The first kappa shape index (κ1) is 13.7. The van der Waals surface area contributed by atoms with Crippen molar-refractivity contribution in [1.82, 2.24) is 4.98 Å². The molecule has 3 nitrogen and oxygen atoms in total. The maximum Gasteiger partial charge on any atom is 0.256 e. The average Bonchev–Trinajstić information content (AvgIpc) is 2.31. The summed E-state index contributed by atoms with van der Waals surface area (Å²) in [4.78, 5) is 16.1. The van der Waals surface area contributed by atoms with E-state index in [0.717, 1.165) is 13.4 Å². The second-order valence-corrected chi connectivity index (χ2v) is 6.13. The van der Waals surface area contributed by atoms with Gasteiger partial charge in [0.2, 0.25) is 0 Å². The van der Waals surface area contributed by atoms with Gasteiger partial charge >= 0.3 is 0 Å². The van der Waals surface area contributed by atoms with Gasteiger partial charge in [-0.25, -0.2) is 4.98 Å². The fraction of sp³-hybridized carbons (Fsp3) is 0. The van der Waals surface area contributed by atoms with E-state index in [9.17, 15) is 4.79 Å². The summed E-state index contributed by atoms with van der Waals surface area (Å²) >= 11 is 10.0. The molecule has 0 saturated heterocycles. The van der Waals surface area contributed by atoms with Crippen LogP contribution in [0, 0.1) is 0 Å². The largest absolute Gasteiger partial charge is 0.306 e. The Hall–Kier alpha value is -0.720. The summed E-state index contributed by atoms with van der Waals surface area (Å²) < 4.78 is 2.41. The summed E-state index contributed by atoms with van der Waals surface area (Å²) in [5, 5.41) is 2.74. The third-order valence-electron chi connectivity index (χ3n) is 2.12. The molecule has 2 rings (SSSR count). The SMILES string of the molecule is O=C(Nc1ncccc1Br)c1cc(Br)cc(Br)c1. The van der Waals surface area contributed by atoms with E-state index in [1.807, 2.05) is 12.1 Å². The summed E-state index contributed by atoms with van der Waals surface area (Å²) in [6.45, 7) is 0. The van der Waals surface area contributed by atoms with E-state index in [1.165, 1.54) is 0 Å². The molecular formula is C12H7Br3N2O. The molecule has 0 bridgehead atoms. The highest BCUT2D eigenvalue weighted by Gasteiger charge is 2.10. The van der Waals surface area contributed by atoms with E-state index >= 15 is 0 Å². The van der Waals surface area contributed by atoms with Crippen LogP contribution in [0.2, 0.25) is 0 Å². The predicted molar refractivity (Wildman–Crippen MR) is 81.7 cm³/mol. The first-order valence-electron chi connectivity index (χ1n) is 4.94. The van der Waals surface area contributed by atoms with Gasteiger partial charge in [0, 0.05) is 20.7 Å². The molecule has 0 saturated carbocycles. The lowest BCUT2D eigenvalue weighted by Gasteiger charge is -2.06. The van der Waals surface area contributed by atoms with Crippen LogP contribution in [-0.2, 0) is 0 Å². The fourth-order valence-electron chi connectivity index (χ4n) is 1.34. The van der Waals surface area contributed by atoms with Gasteiger partial charge in [-0.1, -0.05) is 31.9 Å². The summed E-state index contributed by atoms with van der Waals surface area (Å²) in [7, 11) is 0. The number of anilines is 1. The van der Waals surface area contributed by atoms with E-state index in [2.05, 4.69) is 58.1 Å². The van der Waals surface area contributed by atoms with Crippen LogP contribution >= 0.6 is 47.8 Å². The van der Waals surface area contributed by atoms with Crippen molar-refractivity contribution in [3.05, 3.63) is 55.5 Å².